The topological polar surface area (TPSA) is 76.5 Å². The third kappa shape index (κ3) is 4.40. The second-order valence-electron chi connectivity index (χ2n) is 8.70. The fourth-order valence-corrected chi connectivity index (χ4v) is 4.73. The van der Waals surface area contributed by atoms with Crippen LogP contribution in [-0.2, 0) is 29.4 Å². The van der Waals surface area contributed by atoms with Crippen LogP contribution in [0.25, 0.3) is 11.3 Å². The molecular weight excluding hydrogens is 452 g/mol. The van der Waals surface area contributed by atoms with Gasteiger partial charge in [-0.3, -0.25) is 14.2 Å². The number of fused-ring (bicyclic) bond motifs is 1. The van der Waals surface area contributed by atoms with Gasteiger partial charge in [0.1, 0.15) is 17.6 Å². The standard InChI is InChI=1S/C26H29ClN4O3/c1-6-21-25(29-23-18-10-8-7-9-16(18)13-22(23)34-15(2)32)31(5)26(33)24(28-21)19-12-11-17(30(3)4)14-20(19)27/h7-12,14,22-23,29H,6,13H2,1-5H3. The minimum absolute atomic E-state index is 0.255. The van der Waals surface area contributed by atoms with Crippen molar-refractivity contribution in [3.63, 3.8) is 0 Å². The van der Waals surface area contributed by atoms with Crippen molar-refractivity contribution < 1.29 is 9.53 Å². The van der Waals surface area contributed by atoms with Crippen LogP contribution in [0.15, 0.2) is 47.3 Å². The predicted octanol–water partition coefficient (Wildman–Crippen LogP) is 4.37. The lowest BCUT2D eigenvalue weighted by Crippen LogP contribution is -2.31. The van der Waals surface area contributed by atoms with E-state index < -0.39 is 0 Å². The fourth-order valence-electron chi connectivity index (χ4n) is 4.47. The number of rotatable bonds is 6. The van der Waals surface area contributed by atoms with E-state index in [0.29, 0.717) is 34.9 Å². The number of hydrogen-bond acceptors (Lipinski definition) is 6. The number of ether oxygens (including phenoxy) is 1. The van der Waals surface area contributed by atoms with E-state index in [-0.39, 0.29) is 23.7 Å². The van der Waals surface area contributed by atoms with E-state index >= 15 is 0 Å². The van der Waals surface area contributed by atoms with Crippen molar-refractivity contribution in [1.82, 2.24) is 9.55 Å². The van der Waals surface area contributed by atoms with Crippen molar-refractivity contribution >= 4 is 29.1 Å². The zero-order valence-electron chi connectivity index (χ0n) is 20.1. The molecule has 34 heavy (non-hydrogen) atoms. The maximum Gasteiger partial charge on any atom is 0.302 e. The van der Waals surface area contributed by atoms with E-state index in [1.807, 2.05) is 68.4 Å². The van der Waals surface area contributed by atoms with Gasteiger partial charge in [-0.25, -0.2) is 4.98 Å². The van der Waals surface area contributed by atoms with Crippen molar-refractivity contribution in [2.24, 2.45) is 7.05 Å². The van der Waals surface area contributed by atoms with Crippen LogP contribution in [0, 0.1) is 0 Å². The number of hydrogen-bond donors (Lipinski definition) is 1. The summed E-state index contributed by atoms with van der Waals surface area (Å²) in [7, 11) is 5.59. The number of benzene rings is 2. The Balaban J connectivity index is 1.77. The quantitative estimate of drug-likeness (QED) is 0.528. The normalized spacial score (nSPS) is 16.8. The van der Waals surface area contributed by atoms with E-state index in [1.54, 1.807) is 11.6 Å². The lowest BCUT2D eigenvalue weighted by Gasteiger charge is -2.25. The lowest BCUT2D eigenvalue weighted by atomic mass is 10.1. The summed E-state index contributed by atoms with van der Waals surface area (Å²) in [6.45, 7) is 3.40. The van der Waals surface area contributed by atoms with Crippen molar-refractivity contribution in [3.8, 4) is 11.3 Å². The van der Waals surface area contributed by atoms with Gasteiger partial charge in [0.05, 0.1) is 16.8 Å². The summed E-state index contributed by atoms with van der Waals surface area (Å²) in [6.07, 6.45) is 0.841. The van der Waals surface area contributed by atoms with Crippen LogP contribution < -0.4 is 15.8 Å². The summed E-state index contributed by atoms with van der Waals surface area (Å²) in [4.78, 5) is 31.9. The highest BCUT2D eigenvalue weighted by Crippen LogP contribution is 2.37. The second-order valence-corrected chi connectivity index (χ2v) is 9.11. The molecule has 8 heteroatoms. The third-order valence-corrected chi connectivity index (χ3v) is 6.53. The summed E-state index contributed by atoms with van der Waals surface area (Å²) in [6, 6.07) is 13.3. The van der Waals surface area contributed by atoms with Crippen molar-refractivity contribution in [2.45, 2.75) is 38.8 Å². The van der Waals surface area contributed by atoms with Gasteiger partial charge in [0, 0.05) is 45.7 Å². The highest BCUT2D eigenvalue weighted by molar-refractivity contribution is 6.33. The van der Waals surface area contributed by atoms with Gasteiger partial charge < -0.3 is 15.0 Å². The number of nitrogens with zero attached hydrogens (tertiary/aromatic N) is 3. The van der Waals surface area contributed by atoms with E-state index in [9.17, 15) is 9.59 Å². The zero-order valence-corrected chi connectivity index (χ0v) is 20.8. The number of carbonyl (C=O) groups excluding carboxylic acids is 1. The molecule has 0 spiro atoms. The molecule has 1 heterocycles. The first kappa shape index (κ1) is 23.8. The number of esters is 1. The van der Waals surface area contributed by atoms with Crippen LogP contribution >= 0.6 is 11.6 Å². The van der Waals surface area contributed by atoms with Gasteiger partial charge in [-0.2, -0.15) is 0 Å². The number of halogens is 1. The monoisotopic (exact) mass is 480 g/mol. The molecule has 0 fully saturated rings. The second kappa shape index (κ2) is 9.50. The molecule has 0 radical (unpaired) electrons. The molecule has 2 atom stereocenters. The largest absolute Gasteiger partial charge is 0.460 e. The molecule has 1 aliphatic carbocycles. The molecule has 0 bridgehead atoms. The van der Waals surface area contributed by atoms with Crippen LogP contribution in [-0.4, -0.2) is 35.7 Å². The Morgan fingerprint density at radius 2 is 2.00 bits per heavy atom. The van der Waals surface area contributed by atoms with Crippen LogP contribution in [0.2, 0.25) is 5.02 Å². The zero-order chi connectivity index (χ0) is 24.6. The molecule has 1 aliphatic rings. The molecule has 1 N–H and O–H groups in total. The molecule has 3 aromatic rings. The maximum absolute atomic E-state index is 13.4. The van der Waals surface area contributed by atoms with Crippen molar-refractivity contribution in [3.05, 3.63) is 74.7 Å². The highest BCUT2D eigenvalue weighted by Gasteiger charge is 2.35. The maximum atomic E-state index is 13.4. The smallest absolute Gasteiger partial charge is 0.302 e. The average Bonchev–Trinajstić information content (AvgIpc) is 3.13. The van der Waals surface area contributed by atoms with Gasteiger partial charge in [0.25, 0.3) is 5.56 Å². The van der Waals surface area contributed by atoms with Gasteiger partial charge in [0.15, 0.2) is 0 Å². The Morgan fingerprint density at radius 1 is 1.26 bits per heavy atom. The number of carbonyl (C=O) groups is 1. The summed E-state index contributed by atoms with van der Waals surface area (Å²) >= 11 is 6.55. The number of aryl methyl sites for hydroxylation is 1. The van der Waals surface area contributed by atoms with Crippen LogP contribution in [0.4, 0.5) is 11.5 Å². The molecule has 178 valence electrons. The SMILES string of the molecule is CCc1nc(-c2ccc(N(C)C)cc2Cl)c(=O)n(C)c1NC1c2ccccc2CC1OC(C)=O. The average molecular weight is 481 g/mol. The van der Waals surface area contributed by atoms with Gasteiger partial charge in [0.2, 0.25) is 0 Å². The number of anilines is 2. The lowest BCUT2D eigenvalue weighted by molar-refractivity contribution is -0.146. The summed E-state index contributed by atoms with van der Waals surface area (Å²) in [5, 5.41) is 3.95. The van der Waals surface area contributed by atoms with Gasteiger partial charge in [-0.15, -0.1) is 0 Å². The Bertz CT molecular complexity index is 1300. The number of nitrogens with one attached hydrogen (secondary N) is 1. The Labute approximate surface area is 204 Å². The molecular formula is C26H29ClN4O3. The Kier molecular flexibility index (Phi) is 6.66. The molecule has 1 aromatic heterocycles. The van der Waals surface area contributed by atoms with Crippen molar-refractivity contribution in [1.29, 1.82) is 0 Å². The van der Waals surface area contributed by atoms with Crippen LogP contribution in [0.3, 0.4) is 0 Å². The van der Waals surface area contributed by atoms with Gasteiger partial charge in [-0.1, -0.05) is 42.8 Å². The van der Waals surface area contributed by atoms with E-state index in [0.717, 1.165) is 22.5 Å². The molecule has 2 aromatic carbocycles. The molecule has 0 saturated heterocycles. The summed E-state index contributed by atoms with van der Waals surface area (Å²) < 4.78 is 7.20. The minimum atomic E-state index is -0.373. The van der Waals surface area contributed by atoms with E-state index in [2.05, 4.69) is 5.32 Å². The van der Waals surface area contributed by atoms with Crippen LogP contribution in [0.5, 0.6) is 0 Å². The van der Waals surface area contributed by atoms with Gasteiger partial charge in [-0.05, 0) is 35.7 Å². The predicted molar refractivity (Wildman–Crippen MR) is 136 cm³/mol. The molecule has 0 aliphatic heterocycles. The molecule has 2 unspecified atom stereocenters. The Hall–Kier alpha value is -3.32. The fraction of sp³-hybridized carbons (Fsp3) is 0.346. The van der Waals surface area contributed by atoms with E-state index in [4.69, 9.17) is 21.3 Å². The first-order valence-electron chi connectivity index (χ1n) is 11.3. The van der Waals surface area contributed by atoms with Crippen LogP contribution in [0.1, 0.15) is 36.7 Å². The molecule has 7 nitrogen and oxygen atoms in total. The molecule has 0 saturated carbocycles. The molecule has 0 amide bonds. The Morgan fingerprint density at radius 3 is 2.65 bits per heavy atom. The minimum Gasteiger partial charge on any atom is -0.460 e. The first-order chi connectivity index (χ1) is 16.2. The molecule has 4 rings (SSSR count). The highest BCUT2D eigenvalue weighted by atomic mass is 35.5. The number of aromatic nitrogens is 2. The van der Waals surface area contributed by atoms with E-state index in [1.165, 1.54) is 6.92 Å². The third-order valence-electron chi connectivity index (χ3n) is 6.21. The summed E-state index contributed by atoms with van der Waals surface area (Å²) in [5.74, 6) is 0.273. The van der Waals surface area contributed by atoms with Gasteiger partial charge >= 0.3 is 5.97 Å². The first-order valence-corrected chi connectivity index (χ1v) is 11.7. The summed E-state index contributed by atoms with van der Waals surface area (Å²) in [5.41, 5.74) is 4.49. The van der Waals surface area contributed by atoms with Crippen molar-refractivity contribution in [2.75, 3.05) is 24.3 Å².